The molecule has 2 atom stereocenters. The summed E-state index contributed by atoms with van der Waals surface area (Å²) < 4.78 is 5.46. The Labute approximate surface area is 237 Å². The van der Waals surface area contributed by atoms with E-state index in [1.165, 1.54) is 12.5 Å². The lowest BCUT2D eigenvalue weighted by atomic mass is 9.98. The van der Waals surface area contributed by atoms with Crippen LogP contribution in [0.5, 0.6) is 0 Å². The predicted octanol–water partition coefficient (Wildman–Crippen LogP) is 1.67. The highest BCUT2D eigenvalue weighted by atomic mass is 16.5. The molecule has 0 radical (unpaired) electrons. The van der Waals surface area contributed by atoms with Gasteiger partial charge in [0.1, 0.15) is 25.2 Å². The van der Waals surface area contributed by atoms with Gasteiger partial charge in [-0.3, -0.25) is 9.59 Å². The number of alkyl carbamates (subject to hydrolysis) is 1. The van der Waals surface area contributed by atoms with Gasteiger partial charge in [0.05, 0.1) is 6.33 Å². The molecule has 1 heterocycles. The third-order valence-corrected chi connectivity index (χ3v) is 6.93. The zero-order valence-corrected chi connectivity index (χ0v) is 22.5. The number of hydrogen-bond acceptors (Lipinski definition) is 7. The van der Waals surface area contributed by atoms with E-state index in [0.717, 1.165) is 22.3 Å². The molecule has 3 amide bonds. The second-order valence-electron chi connectivity index (χ2n) is 9.76. The SMILES string of the molecule is NCCCC[C@H](NC(=O)[C@H](Cc1cnc[nH]1)NC(=O)CNC(=O)OCC1c2ccccc2-c2ccccc21)C(=O)O. The number of nitrogens with one attached hydrogen (secondary N) is 4. The smallest absolute Gasteiger partial charge is 0.407 e. The second-order valence-corrected chi connectivity index (χ2v) is 9.76. The molecule has 2 aromatic carbocycles. The standard InChI is InChI=1S/C29H34N6O6/c30-12-6-5-11-24(28(38)39)35-27(37)25(13-18-14-31-17-33-18)34-26(36)15-32-29(40)41-16-23-21-9-3-1-7-19(21)20-8-2-4-10-22(20)23/h1-4,7-10,14,17,23-25H,5-6,11-13,15-16,30H2,(H,31,33)(H,32,40)(H,34,36)(H,35,37)(H,38,39)/t24-,25-/m0/s1. The first-order valence-electron chi connectivity index (χ1n) is 13.5. The number of carbonyl (C=O) groups is 4. The van der Waals surface area contributed by atoms with Gasteiger partial charge in [0.2, 0.25) is 11.8 Å². The first kappa shape index (κ1) is 29.3. The van der Waals surface area contributed by atoms with Crippen molar-refractivity contribution in [2.24, 2.45) is 5.73 Å². The molecule has 41 heavy (non-hydrogen) atoms. The lowest BCUT2D eigenvalue weighted by Crippen LogP contribution is -2.54. The zero-order chi connectivity index (χ0) is 29.2. The molecule has 4 rings (SSSR count). The third kappa shape index (κ3) is 7.70. The number of H-pyrrole nitrogens is 1. The van der Waals surface area contributed by atoms with Crippen molar-refractivity contribution in [2.75, 3.05) is 19.7 Å². The number of benzene rings is 2. The van der Waals surface area contributed by atoms with E-state index in [9.17, 15) is 24.3 Å². The summed E-state index contributed by atoms with van der Waals surface area (Å²) in [7, 11) is 0. The lowest BCUT2D eigenvalue weighted by Gasteiger charge is -2.21. The number of nitrogens with zero attached hydrogens (tertiary/aromatic N) is 1. The third-order valence-electron chi connectivity index (χ3n) is 6.93. The van der Waals surface area contributed by atoms with Crippen LogP contribution in [0.3, 0.4) is 0 Å². The minimum absolute atomic E-state index is 0.0393. The molecule has 3 aromatic rings. The Morgan fingerprint density at radius 1 is 0.976 bits per heavy atom. The minimum Gasteiger partial charge on any atom is -0.480 e. The van der Waals surface area contributed by atoms with Crippen molar-refractivity contribution in [3.05, 3.63) is 77.9 Å². The average molecular weight is 563 g/mol. The van der Waals surface area contributed by atoms with E-state index in [0.29, 0.717) is 25.1 Å². The number of aromatic nitrogens is 2. The highest BCUT2D eigenvalue weighted by Crippen LogP contribution is 2.44. The van der Waals surface area contributed by atoms with Gasteiger partial charge in [0, 0.05) is 24.2 Å². The molecule has 7 N–H and O–H groups in total. The number of carboxylic acids is 1. The second kappa shape index (κ2) is 14.1. The Bertz CT molecular complexity index is 1320. The summed E-state index contributed by atoms with van der Waals surface area (Å²) in [6, 6.07) is 13.7. The summed E-state index contributed by atoms with van der Waals surface area (Å²) in [5.74, 6) is -2.63. The Morgan fingerprint density at radius 3 is 2.27 bits per heavy atom. The molecule has 0 bridgehead atoms. The number of carbonyl (C=O) groups excluding carboxylic acids is 3. The number of fused-ring (bicyclic) bond motifs is 3. The van der Waals surface area contributed by atoms with Crippen molar-refractivity contribution in [1.29, 1.82) is 0 Å². The average Bonchev–Trinajstić information content (AvgIpc) is 3.60. The number of rotatable bonds is 14. The van der Waals surface area contributed by atoms with Crippen LogP contribution in [-0.2, 0) is 25.5 Å². The quantitative estimate of drug-likeness (QED) is 0.160. The van der Waals surface area contributed by atoms with Crippen molar-refractivity contribution in [3.8, 4) is 11.1 Å². The minimum atomic E-state index is -1.18. The van der Waals surface area contributed by atoms with Crippen LogP contribution in [0.2, 0.25) is 0 Å². The van der Waals surface area contributed by atoms with Crippen molar-refractivity contribution in [1.82, 2.24) is 25.9 Å². The fourth-order valence-corrected chi connectivity index (χ4v) is 4.90. The number of carboxylic acid groups (broad SMARTS) is 1. The number of ether oxygens (including phenoxy) is 1. The van der Waals surface area contributed by atoms with Gasteiger partial charge in [0.15, 0.2) is 0 Å². The van der Waals surface area contributed by atoms with E-state index in [-0.39, 0.29) is 25.4 Å². The van der Waals surface area contributed by atoms with E-state index in [4.69, 9.17) is 10.5 Å². The Morgan fingerprint density at radius 2 is 1.66 bits per heavy atom. The van der Waals surface area contributed by atoms with Gasteiger partial charge in [-0.25, -0.2) is 14.6 Å². The van der Waals surface area contributed by atoms with Crippen LogP contribution in [0.1, 0.15) is 42.0 Å². The number of imidazole rings is 1. The maximum atomic E-state index is 13.0. The summed E-state index contributed by atoms with van der Waals surface area (Å²) in [5.41, 5.74) is 10.4. The molecule has 0 fully saturated rings. The van der Waals surface area contributed by atoms with Crippen molar-refractivity contribution in [3.63, 3.8) is 0 Å². The van der Waals surface area contributed by atoms with Gasteiger partial charge in [-0.05, 0) is 48.1 Å². The van der Waals surface area contributed by atoms with Crippen molar-refractivity contribution < 1.29 is 29.0 Å². The van der Waals surface area contributed by atoms with Gasteiger partial charge < -0.3 is 36.5 Å². The molecule has 0 aliphatic heterocycles. The van der Waals surface area contributed by atoms with E-state index in [1.807, 2.05) is 48.5 Å². The Balaban J connectivity index is 1.31. The summed E-state index contributed by atoms with van der Waals surface area (Å²) in [5, 5.41) is 17.0. The number of nitrogens with two attached hydrogens (primary N) is 1. The molecule has 0 saturated heterocycles. The zero-order valence-electron chi connectivity index (χ0n) is 22.5. The van der Waals surface area contributed by atoms with Crippen LogP contribution in [0.15, 0.2) is 61.1 Å². The number of aromatic amines is 1. The molecule has 1 aliphatic carbocycles. The van der Waals surface area contributed by atoms with Gasteiger partial charge in [-0.1, -0.05) is 48.5 Å². The molecule has 0 unspecified atom stereocenters. The van der Waals surface area contributed by atoms with E-state index < -0.39 is 42.5 Å². The first-order valence-corrected chi connectivity index (χ1v) is 13.5. The Hall–Kier alpha value is -4.71. The number of amides is 3. The molecule has 12 heteroatoms. The van der Waals surface area contributed by atoms with E-state index in [2.05, 4.69) is 25.9 Å². The molecule has 12 nitrogen and oxygen atoms in total. The normalized spacial score (nSPS) is 13.4. The van der Waals surface area contributed by atoms with Gasteiger partial charge in [-0.2, -0.15) is 0 Å². The van der Waals surface area contributed by atoms with Crippen LogP contribution >= 0.6 is 0 Å². The largest absolute Gasteiger partial charge is 0.480 e. The van der Waals surface area contributed by atoms with Crippen LogP contribution in [0, 0.1) is 0 Å². The summed E-state index contributed by atoms with van der Waals surface area (Å²) in [6.07, 6.45) is 3.53. The van der Waals surface area contributed by atoms with Crippen molar-refractivity contribution >= 4 is 23.9 Å². The van der Waals surface area contributed by atoms with Crippen LogP contribution < -0.4 is 21.7 Å². The molecule has 0 spiro atoms. The van der Waals surface area contributed by atoms with Crippen LogP contribution in [-0.4, -0.2) is 70.7 Å². The van der Waals surface area contributed by atoms with Gasteiger partial charge >= 0.3 is 12.1 Å². The van der Waals surface area contributed by atoms with E-state index in [1.54, 1.807) is 0 Å². The van der Waals surface area contributed by atoms with Crippen molar-refractivity contribution in [2.45, 2.75) is 43.7 Å². The predicted molar refractivity (Wildman–Crippen MR) is 150 cm³/mol. The summed E-state index contributed by atoms with van der Waals surface area (Å²) >= 11 is 0. The highest BCUT2D eigenvalue weighted by Gasteiger charge is 2.30. The first-order chi connectivity index (χ1) is 19.9. The fraction of sp³-hybridized carbons (Fsp3) is 0.345. The molecular weight excluding hydrogens is 528 g/mol. The fourth-order valence-electron chi connectivity index (χ4n) is 4.90. The number of unbranched alkanes of at least 4 members (excludes halogenated alkanes) is 1. The molecule has 0 saturated carbocycles. The maximum Gasteiger partial charge on any atom is 0.407 e. The van der Waals surface area contributed by atoms with Gasteiger partial charge in [-0.15, -0.1) is 0 Å². The maximum absolute atomic E-state index is 13.0. The highest BCUT2D eigenvalue weighted by molar-refractivity contribution is 5.91. The molecule has 1 aromatic heterocycles. The van der Waals surface area contributed by atoms with Crippen LogP contribution in [0.25, 0.3) is 11.1 Å². The molecular formula is C29H34N6O6. The number of aliphatic carboxylic acids is 1. The Kier molecular flexibility index (Phi) is 10.1. The topological polar surface area (TPSA) is 189 Å². The lowest BCUT2D eigenvalue weighted by molar-refractivity contribution is -0.142. The van der Waals surface area contributed by atoms with Gasteiger partial charge in [0.25, 0.3) is 0 Å². The van der Waals surface area contributed by atoms with E-state index >= 15 is 0 Å². The molecule has 216 valence electrons. The monoisotopic (exact) mass is 562 g/mol. The summed E-state index contributed by atoms with van der Waals surface area (Å²) in [4.78, 5) is 56.6. The molecule has 1 aliphatic rings. The van der Waals surface area contributed by atoms with Crippen LogP contribution in [0.4, 0.5) is 4.79 Å². The summed E-state index contributed by atoms with van der Waals surface area (Å²) in [6.45, 7) is 0.0603. The number of hydrogen-bond donors (Lipinski definition) is 6.